The maximum atomic E-state index is 5.73. The van der Waals surface area contributed by atoms with Crippen LogP contribution in [0.2, 0.25) is 0 Å². The van der Waals surface area contributed by atoms with Crippen LogP contribution in [0.5, 0.6) is 0 Å². The summed E-state index contributed by atoms with van der Waals surface area (Å²) in [6.45, 7) is 2.30. The molecule has 2 aliphatic rings. The number of fused-ring (bicyclic) bond motifs is 1. The Morgan fingerprint density at radius 1 is 1.33 bits per heavy atom. The van der Waals surface area contributed by atoms with Gasteiger partial charge in [0.2, 0.25) is 0 Å². The van der Waals surface area contributed by atoms with Crippen LogP contribution in [0.15, 0.2) is 24.3 Å². The van der Waals surface area contributed by atoms with Gasteiger partial charge in [-0.05, 0) is 42.7 Å². The van der Waals surface area contributed by atoms with Crippen LogP contribution in [0.25, 0.3) is 0 Å². The molecule has 3 rings (SSSR count). The summed E-state index contributed by atoms with van der Waals surface area (Å²) in [4.78, 5) is 3.22. The van der Waals surface area contributed by atoms with Crippen molar-refractivity contribution in [1.82, 2.24) is 0 Å². The van der Waals surface area contributed by atoms with Gasteiger partial charge in [0.05, 0.1) is 4.99 Å². The lowest BCUT2D eigenvalue weighted by atomic mass is 9.97. The molecule has 0 unspecified atom stereocenters. The summed E-state index contributed by atoms with van der Waals surface area (Å²) in [7, 11) is 0. The largest absolute Gasteiger partial charge is 0.393 e. The number of hydrogen-bond acceptors (Lipinski definition) is 2. The zero-order valence-electron chi connectivity index (χ0n) is 10.7. The molecule has 1 saturated carbocycles. The van der Waals surface area contributed by atoms with E-state index in [0.717, 1.165) is 13.0 Å². The second-order valence-electron chi connectivity index (χ2n) is 5.80. The van der Waals surface area contributed by atoms with Crippen molar-refractivity contribution in [2.24, 2.45) is 11.1 Å². The molecule has 0 amide bonds. The quantitative estimate of drug-likeness (QED) is 0.844. The van der Waals surface area contributed by atoms with Gasteiger partial charge in [-0.2, -0.15) is 0 Å². The van der Waals surface area contributed by atoms with Gasteiger partial charge in [0.25, 0.3) is 0 Å². The van der Waals surface area contributed by atoms with Crippen LogP contribution < -0.4 is 10.6 Å². The minimum absolute atomic E-state index is 0.385. The molecule has 3 heteroatoms. The summed E-state index contributed by atoms with van der Waals surface area (Å²) < 4.78 is 0. The van der Waals surface area contributed by atoms with Crippen LogP contribution in [-0.4, -0.2) is 18.1 Å². The smallest absolute Gasteiger partial charge is 0.0733 e. The lowest BCUT2D eigenvalue weighted by Gasteiger charge is -2.34. The van der Waals surface area contributed by atoms with E-state index >= 15 is 0 Å². The SMILES string of the molecule is NC(=S)CC1(CN2CCCc3ccccc32)CC1. The minimum Gasteiger partial charge on any atom is -0.393 e. The first-order valence-corrected chi connectivity index (χ1v) is 7.21. The van der Waals surface area contributed by atoms with E-state index in [9.17, 15) is 0 Å². The molecular weight excluding hydrogens is 240 g/mol. The van der Waals surface area contributed by atoms with Gasteiger partial charge in [-0.15, -0.1) is 0 Å². The highest BCUT2D eigenvalue weighted by atomic mass is 32.1. The standard InChI is InChI=1S/C15H20N2S/c16-14(18)10-15(7-8-15)11-17-9-3-5-12-4-1-2-6-13(12)17/h1-2,4,6H,3,5,7-11H2,(H2,16,18). The number of rotatable bonds is 4. The van der Waals surface area contributed by atoms with E-state index in [0.29, 0.717) is 10.4 Å². The van der Waals surface area contributed by atoms with E-state index in [1.165, 1.54) is 43.5 Å². The van der Waals surface area contributed by atoms with Gasteiger partial charge in [-0.25, -0.2) is 0 Å². The van der Waals surface area contributed by atoms with E-state index in [2.05, 4.69) is 29.2 Å². The third-order valence-corrected chi connectivity index (χ3v) is 4.38. The van der Waals surface area contributed by atoms with Crippen LogP contribution in [0.3, 0.4) is 0 Å². The van der Waals surface area contributed by atoms with Gasteiger partial charge in [0.15, 0.2) is 0 Å². The van der Waals surface area contributed by atoms with Gasteiger partial charge < -0.3 is 10.6 Å². The molecule has 2 N–H and O–H groups in total. The van der Waals surface area contributed by atoms with Gasteiger partial charge in [-0.3, -0.25) is 0 Å². The van der Waals surface area contributed by atoms with Crippen LogP contribution in [-0.2, 0) is 6.42 Å². The molecule has 0 atom stereocenters. The van der Waals surface area contributed by atoms with Gasteiger partial charge in [-0.1, -0.05) is 30.4 Å². The number of thiocarbonyl (C=S) groups is 1. The third kappa shape index (κ3) is 2.37. The Morgan fingerprint density at radius 3 is 2.83 bits per heavy atom. The number of nitrogens with two attached hydrogens (primary N) is 1. The maximum absolute atomic E-state index is 5.73. The maximum Gasteiger partial charge on any atom is 0.0733 e. The molecule has 2 nitrogen and oxygen atoms in total. The van der Waals surface area contributed by atoms with Crippen molar-refractivity contribution >= 4 is 22.9 Å². The summed E-state index contributed by atoms with van der Waals surface area (Å²) in [6, 6.07) is 8.80. The molecule has 0 bridgehead atoms. The Morgan fingerprint density at radius 2 is 2.11 bits per heavy atom. The fourth-order valence-corrected chi connectivity index (χ4v) is 3.42. The molecule has 1 aliphatic heterocycles. The van der Waals surface area contributed by atoms with Crippen molar-refractivity contribution in [3.8, 4) is 0 Å². The third-order valence-electron chi connectivity index (χ3n) is 4.24. The molecule has 0 spiro atoms. The van der Waals surface area contributed by atoms with E-state index < -0.39 is 0 Å². The highest BCUT2D eigenvalue weighted by Gasteiger charge is 2.44. The van der Waals surface area contributed by atoms with Crippen molar-refractivity contribution in [2.75, 3.05) is 18.0 Å². The average Bonchev–Trinajstić information content (AvgIpc) is 3.08. The van der Waals surface area contributed by atoms with E-state index in [1.54, 1.807) is 0 Å². The predicted molar refractivity (Wildman–Crippen MR) is 80.0 cm³/mol. The first-order valence-electron chi connectivity index (χ1n) is 6.80. The topological polar surface area (TPSA) is 29.3 Å². The molecule has 0 aromatic heterocycles. The fraction of sp³-hybridized carbons (Fsp3) is 0.533. The number of hydrogen-bond donors (Lipinski definition) is 1. The zero-order valence-corrected chi connectivity index (χ0v) is 11.5. The van der Waals surface area contributed by atoms with Crippen molar-refractivity contribution < 1.29 is 0 Å². The fourth-order valence-electron chi connectivity index (χ4n) is 3.12. The Bertz CT molecular complexity index is 465. The number of aryl methyl sites for hydroxylation is 1. The summed E-state index contributed by atoms with van der Waals surface area (Å²) >= 11 is 5.09. The van der Waals surface area contributed by atoms with Gasteiger partial charge in [0.1, 0.15) is 0 Å². The first-order chi connectivity index (χ1) is 8.69. The molecule has 1 heterocycles. The molecule has 0 saturated heterocycles. The number of nitrogens with zero attached hydrogens (tertiary/aromatic N) is 1. The molecule has 1 aliphatic carbocycles. The van der Waals surface area contributed by atoms with E-state index in [4.69, 9.17) is 18.0 Å². The highest BCUT2D eigenvalue weighted by Crippen LogP contribution is 2.50. The summed E-state index contributed by atoms with van der Waals surface area (Å²) in [5.74, 6) is 0. The average molecular weight is 260 g/mol. The van der Waals surface area contributed by atoms with Crippen LogP contribution in [0.1, 0.15) is 31.2 Å². The van der Waals surface area contributed by atoms with Crippen molar-refractivity contribution in [3.05, 3.63) is 29.8 Å². The number of benzene rings is 1. The molecule has 1 aromatic rings. The lowest BCUT2D eigenvalue weighted by Crippen LogP contribution is -2.36. The Kier molecular flexibility index (Phi) is 3.02. The number of anilines is 1. The van der Waals surface area contributed by atoms with Crippen LogP contribution in [0.4, 0.5) is 5.69 Å². The molecule has 0 radical (unpaired) electrons. The zero-order chi connectivity index (χ0) is 12.6. The van der Waals surface area contributed by atoms with Crippen LogP contribution in [0, 0.1) is 5.41 Å². The van der Waals surface area contributed by atoms with Crippen molar-refractivity contribution in [1.29, 1.82) is 0 Å². The highest BCUT2D eigenvalue weighted by molar-refractivity contribution is 7.80. The second-order valence-corrected chi connectivity index (χ2v) is 6.32. The van der Waals surface area contributed by atoms with Crippen molar-refractivity contribution in [3.63, 3.8) is 0 Å². The van der Waals surface area contributed by atoms with E-state index in [1.807, 2.05) is 0 Å². The van der Waals surface area contributed by atoms with Crippen molar-refractivity contribution in [2.45, 2.75) is 32.1 Å². The molecule has 1 fully saturated rings. The summed E-state index contributed by atoms with van der Waals surface area (Å²) in [5.41, 5.74) is 9.04. The predicted octanol–water partition coefficient (Wildman–Crippen LogP) is 2.90. The lowest BCUT2D eigenvalue weighted by molar-refractivity contribution is 0.505. The molecule has 96 valence electrons. The normalized spacial score (nSPS) is 20.3. The Balaban J connectivity index is 1.77. The number of para-hydroxylation sites is 1. The monoisotopic (exact) mass is 260 g/mol. The van der Waals surface area contributed by atoms with Crippen LogP contribution >= 0.6 is 12.2 Å². The second kappa shape index (κ2) is 4.54. The first kappa shape index (κ1) is 12.0. The minimum atomic E-state index is 0.385. The summed E-state index contributed by atoms with van der Waals surface area (Å²) in [5, 5.41) is 0. The molecule has 18 heavy (non-hydrogen) atoms. The van der Waals surface area contributed by atoms with E-state index in [-0.39, 0.29) is 0 Å². The Hall–Kier alpha value is -1.09. The van der Waals surface area contributed by atoms with Gasteiger partial charge >= 0.3 is 0 Å². The van der Waals surface area contributed by atoms with Gasteiger partial charge in [0, 0.05) is 25.2 Å². The molecule has 1 aromatic carbocycles. The molecular formula is C15H20N2S. The Labute approximate surface area is 114 Å². The summed E-state index contributed by atoms with van der Waals surface area (Å²) in [6.07, 6.45) is 5.96.